The van der Waals surface area contributed by atoms with Crippen molar-refractivity contribution in [2.45, 2.75) is 32.1 Å². The first kappa shape index (κ1) is 14.0. The molecule has 2 aromatic rings. The number of hydrogen-bond donors (Lipinski definition) is 1. The summed E-state index contributed by atoms with van der Waals surface area (Å²) in [5, 5.41) is 1.10. The third kappa shape index (κ3) is 2.09. The van der Waals surface area contributed by atoms with Gasteiger partial charge in [0.15, 0.2) is 0 Å². The van der Waals surface area contributed by atoms with Crippen LogP contribution in [0.4, 0.5) is 0 Å². The maximum Gasteiger partial charge on any atom is 0.233 e. The molecule has 1 heterocycles. The Hall–Kier alpha value is -1.97. The van der Waals surface area contributed by atoms with Crippen LogP contribution < -0.4 is 4.74 Å². The van der Waals surface area contributed by atoms with Crippen LogP contribution in [0.5, 0.6) is 5.75 Å². The number of methoxy groups -OCH3 is 1. The van der Waals surface area contributed by atoms with E-state index in [-0.39, 0.29) is 11.3 Å². The Morgan fingerprint density at radius 2 is 2.05 bits per heavy atom. The van der Waals surface area contributed by atoms with Gasteiger partial charge in [0.2, 0.25) is 5.91 Å². The molecule has 1 fully saturated rings. The van der Waals surface area contributed by atoms with E-state index in [0.29, 0.717) is 0 Å². The molecule has 112 valence electrons. The molecule has 0 bridgehead atoms. The summed E-state index contributed by atoms with van der Waals surface area (Å²) < 4.78 is 5.32. The largest absolute Gasteiger partial charge is 0.497 e. The van der Waals surface area contributed by atoms with Gasteiger partial charge in [0.1, 0.15) is 5.75 Å². The van der Waals surface area contributed by atoms with Gasteiger partial charge >= 0.3 is 0 Å². The Bertz CT molecular complexity index is 666. The summed E-state index contributed by atoms with van der Waals surface area (Å²) in [6.45, 7) is 5.61. The molecule has 0 saturated heterocycles. The molecule has 1 amide bonds. The predicted molar refractivity (Wildman–Crippen MR) is 83.7 cm³/mol. The Kier molecular flexibility index (Phi) is 3.40. The third-order valence-corrected chi connectivity index (χ3v) is 4.61. The second-order valence-electron chi connectivity index (χ2n) is 5.67. The van der Waals surface area contributed by atoms with E-state index in [9.17, 15) is 4.79 Å². The first-order chi connectivity index (χ1) is 10.2. The lowest BCUT2D eigenvalue weighted by molar-refractivity contribution is -0.133. The Labute approximate surface area is 125 Å². The van der Waals surface area contributed by atoms with E-state index in [2.05, 4.69) is 4.98 Å². The molecule has 1 aliphatic rings. The molecule has 0 atom stereocenters. The molecule has 0 unspecified atom stereocenters. The average molecular weight is 286 g/mol. The van der Waals surface area contributed by atoms with Crippen LogP contribution in [0.15, 0.2) is 24.4 Å². The van der Waals surface area contributed by atoms with Crippen LogP contribution in [0.2, 0.25) is 0 Å². The third-order valence-electron chi connectivity index (χ3n) is 4.61. The van der Waals surface area contributed by atoms with Crippen LogP contribution in [0, 0.1) is 0 Å². The zero-order valence-corrected chi connectivity index (χ0v) is 12.9. The lowest BCUT2D eigenvalue weighted by Crippen LogP contribution is -2.39. The smallest absolute Gasteiger partial charge is 0.233 e. The van der Waals surface area contributed by atoms with E-state index in [0.717, 1.165) is 48.1 Å². The van der Waals surface area contributed by atoms with E-state index < -0.39 is 0 Å². The molecule has 1 aromatic heterocycles. The molecule has 0 aliphatic heterocycles. The number of hydrogen-bond acceptors (Lipinski definition) is 2. The Morgan fingerprint density at radius 1 is 1.33 bits per heavy atom. The number of amides is 1. The zero-order chi connectivity index (χ0) is 15.0. The van der Waals surface area contributed by atoms with Gasteiger partial charge in [0.05, 0.1) is 12.5 Å². The van der Waals surface area contributed by atoms with Crippen LogP contribution in [0.25, 0.3) is 10.9 Å². The number of carbonyl (C=O) groups excluding carboxylic acids is 1. The van der Waals surface area contributed by atoms with Gasteiger partial charge in [-0.15, -0.1) is 0 Å². The van der Waals surface area contributed by atoms with Gasteiger partial charge in [-0.1, -0.05) is 0 Å². The standard InChI is InChI=1S/C17H22N2O2/c1-4-19(5-2)16(20)17(8-9-17)14-11-18-15-7-6-12(21-3)10-13(14)15/h6-7,10-11,18H,4-5,8-9H2,1-3H3. The number of likely N-dealkylation sites (N-methyl/N-ethyl adjacent to an activating group) is 1. The van der Waals surface area contributed by atoms with Crippen molar-refractivity contribution in [3.05, 3.63) is 30.0 Å². The van der Waals surface area contributed by atoms with Gasteiger partial charge in [0.25, 0.3) is 0 Å². The second-order valence-corrected chi connectivity index (χ2v) is 5.67. The normalized spacial score (nSPS) is 16.0. The number of aromatic nitrogens is 1. The molecule has 0 spiro atoms. The monoisotopic (exact) mass is 286 g/mol. The first-order valence-electron chi connectivity index (χ1n) is 7.61. The topological polar surface area (TPSA) is 45.3 Å². The van der Waals surface area contributed by atoms with Crippen molar-refractivity contribution >= 4 is 16.8 Å². The van der Waals surface area contributed by atoms with Gasteiger partial charge in [-0.05, 0) is 50.5 Å². The number of nitrogens with one attached hydrogen (secondary N) is 1. The molecule has 1 aromatic carbocycles. The second kappa shape index (κ2) is 5.10. The first-order valence-corrected chi connectivity index (χ1v) is 7.61. The molecule has 21 heavy (non-hydrogen) atoms. The Balaban J connectivity index is 2.05. The van der Waals surface area contributed by atoms with Crippen LogP contribution in [-0.4, -0.2) is 36.0 Å². The van der Waals surface area contributed by atoms with Crippen LogP contribution in [-0.2, 0) is 10.2 Å². The van der Waals surface area contributed by atoms with Gasteiger partial charge in [0, 0.05) is 30.2 Å². The van der Waals surface area contributed by atoms with Crippen molar-refractivity contribution in [1.82, 2.24) is 9.88 Å². The molecular formula is C17H22N2O2. The summed E-state index contributed by atoms with van der Waals surface area (Å²) in [5.41, 5.74) is 1.86. The number of ether oxygens (including phenoxy) is 1. The Morgan fingerprint density at radius 3 is 2.62 bits per heavy atom. The van der Waals surface area contributed by atoms with Crippen molar-refractivity contribution in [3.63, 3.8) is 0 Å². The minimum Gasteiger partial charge on any atom is -0.497 e. The zero-order valence-electron chi connectivity index (χ0n) is 12.9. The maximum atomic E-state index is 12.9. The fraction of sp³-hybridized carbons (Fsp3) is 0.471. The summed E-state index contributed by atoms with van der Waals surface area (Å²) >= 11 is 0. The molecule has 0 radical (unpaired) electrons. The fourth-order valence-corrected chi connectivity index (χ4v) is 3.16. The lowest BCUT2D eigenvalue weighted by Gasteiger charge is -2.25. The summed E-state index contributed by atoms with van der Waals surface area (Å²) in [7, 11) is 1.67. The van der Waals surface area contributed by atoms with E-state index in [1.807, 2.05) is 43.1 Å². The van der Waals surface area contributed by atoms with Gasteiger partial charge in [-0.3, -0.25) is 4.79 Å². The number of carbonyl (C=O) groups is 1. The molecule has 4 nitrogen and oxygen atoms in total. The van der Waals surface area contributed by atoms with Crippen molar-refractivity contribution in [1.29, 1.82) is 0 Å². The van der Waals surface area contributed by atoms with Gasteiger partial charge < -0.3 is 14.6 Å². The molecule has 4 heteroatoms. The van der Waals surface area contributed by atoms with Crippen molar-refractivity contribution in [2.24, 2.45) is 0 Å². The molecular weight excluding hydrogens is 264 g/mol. The summed E-state index contributed by atoms with van der Waals surface area (Å²) in [5.74, 6) is 1.09. The van der Waals surface area contributed by atoms with Crippen molar-refractivity contribution in [2.75, 3.05) is 20.2 Å². The number of benzene rings is 1. The maximum absolute atomic E-state index is 12.9. The number of aromatic amines is 1. The number of nitrogens with zero attached hydrogens (tertiary/aromatic N) is 1. The lowest BCUT2D eigenvalue weighted by atomic mass is 9.93. The SMILES string of the molecule is CCN(CC)C(=O)C1(c2c[nH]c3ccc(OC)cc23)CC1. The quantitative estimate of drug-likeness (QED) is 0.918. The highest BCUT2D eigenvalue weighted by Crippen LogP contribution is 2.52. The minimum absolute atomic E-state index is 0.260. The van der Waals surface area contributed by atoms with Gasteiger partial charge in [-0.25, -0.2) is 0 Å². The number of rotatable bonds is 5. The summed E-state index contributed by atoms with van der Waals surface area (Å²) in [4.78, 5) is 18.1. The number of H-pyrrole nitrogens is 1. The highest BCUT2D eigenvalue weighted by Gasteiger charge is 2.53. The van der Waals surface area contributed by atoms with Crippen LogP contribution >= 0.6 is 0 Å². The van der Waals surface area contributed by atoms with E-state index in [1.165, 1.54) is 0 Å². The average Bonchev–Trinajstić information content (AvgIpc) is 3.21. The van der Waals surface area contributed by atoms with Crippen LogP contribution in [0.1, 0.15) is 32.3 Å². The van der Waals surface area contributed by atoms with Gasteiger partial charge in [-0.2, -0.15) is 0 Å². The minimum atomic E-state index is -0.323. The van der Waals surface area contributed by atoms with Crippen molar-refractivity contribution in [3.8, 4) is 5.75 Å². The van der Waals surface area contributed by atoms with E-state index in [1.54, 1.807) is 7.11 Å². The van der Waals surface area contributed by atoms with E-state index >= 15 is 0 Å². The molecule has 1 aliphatic carbocycles. The number of fused-ring (bicyclic) bond motifs is 1. The van der Waals surface area contributed by atoms with Crippen molar-refractivity contribution < 1.29 is 9.53 Å². The highest BCUT2D eigenvalue weighted by molar-refractivity contribution is 5.98. The summed E-state index contributed by atoms with van der Waals surface area (Å²) in [6.07, 6.45) is 3.87. The van der Waals surface area contributed by atoms with Crippen LogP contribution in [0.3, 0.4) is 0 Å². The van der Waals surface area contributed by atoms with E-state index in [4.69, 9.17) is 4.74 Å². The highest BCUT2D eigenvalue weighted by atomic mass is 16.5. The predicted octanol–water partition coefficient (Wildman–Crippen LogP) is 3.08. The summed E-state index contributed by atoms with van der Waals surface area (Å²) in [6, 6.07) is 5.97. The fourth-order valence-electron chi connectivity index (χ4n) is 3.16. The molecule has 1 saturated carbocycles. The molecule has 3 rings (SSSR count). The molecule has 1 N–H and O–H groups in total.